The lowest BCUT2D eigenvalue weighted by Gasteiger charge is -2.11. The summed E-state index contributed by atoms with van der Waals surface area (Å²) in [6, 6.07) is 4.64. The van der Waals surface area contributed by atoms with E-state index >= 15 is 0 Å². The van der Waals surface area contributed by atoms with Crippen molar-refractivity contribution in [3.05, 3.63) is 34.6 Å². The Bertz CT molecular complexity index is 384. The number of halogens is 3. The molecule has 2 atom stereocenters. The molecule has 1 aromatic rings. The van der Waals surface area contributed by atoms with Crippen LogP contribution < -0.4 is 5.32 Å². The van der Waals surface area contributed by atoms with Crippen LogP contribution in [0.15, 0.2) is 18.2 Å². The van der Waals surface area contributed by atoms with Gasteiger partial charge in [-0.15, -0.1) is 11.6 Å². The fourth-order valence-electron chi connectivity index (χ4n) is 2.29. The molecule has 17 heavy (non-hydrogen) atoms. The lowest BCUT2D eigenvalue weighted by molar-refractivity contribution is 0.483. The third-order valence-electron chi connectivity index (χ3n) is 3.23. The second-order valence-corrected chi connectivity index (χ2v) is 5.70. The van der Waals surface area contributed by atoms with Crippen molar-refractivity contribution in [2.75, 3.05) is 6.54 Å². The summed E-state index contributed by atoms with van der Waals surface area (Å²) >= 11 is 11.9. The molecule has 1 N–H and O–H groups in total. The molecule has 1 aromatic carbocycles. The maximum Gasteiger partial charge on any atom is 0.127 e. The van der Waals surface area contributed by atoms with Gasteiger partial charge in [-0.05, 0) is 49.9 Å². The van der Waals surface area contributed by atoms with Gasteiger partial charge in [0.1, 0.15) is 5.82 Å². The Morgan fingerprint density at radius 2 is 2.18 bits per heavy atom. The van der Waals surface area contributed by atoms with Gasteiger partial charge >= 0.3 is 0 Å². The number of hydrogen-bond donors (Lipinski definition) is 1. The average Bonchev–Trinajstić information content (AvgIpc) is 2.69. The van der Waals surface area contributed by atoms with Crippen molar-refractivity contribution >= 4 is 23.2 Å². The van der Waals surface area contributed by atoms with Crippen molar-refractivity contribution in [3.8, 4) is 0 Å². The van der Waals surface area contributed by atoms with Crippen LogP contribution in [0.3, 0.4) is 0 Å². The highest BCUT2D eigenvalue weighted by Crippen LogP contribution is 2.28. The van der Waals surface area contributed by atoms with Crippen molar-refractivity contribution in [3.63, 3.8) is 0 Å². The molecule has 0 aliphatic heterocycles. The quantitative estimate of drug-likeness (QED) is 0.820. The smallest absolute Gasteiger partial charge is 0.127 e. The molecule has 1 nitrogen and oxygen atoms in total. The molecule has 0 amide bonds. The third-order valence-corrected chi connectivity index (χ3v) is 3.86. The zero-order chi connectivity index (χ0) is 12.3. The van der Waals surface area contributed by atoms with Crippen LogP contribution in [0.5, 0.6) is 0 Å². The van der Waals surface area contributed by atoms with Crippen molar-refractivity contribution < 1.29 is 4.39 Å². The van der Waals surface area contributed by atoms with Crippen LogP contribution in [-0.2, 0) is 6.54 Å². The summed E-state index contributed by atoms with van der Waals surface area (Å²) in [5.74, 6) is 0.420. The second kappa shape index (κ2) is 6.03. The number of hydrogen-bond acceptors (Lipinski definition) is 1. The summed E-state index contributed by atoms with van der Waals surface area (Å²) in [4.78, 5) is 0. The molecule has 0 spiro atoms. The number of benzene rings is 1. The van der Waals surface area contributed by atoms with Crippen molar-refractivity contribution in [2.24, 2.45) is 5.92 Å². The summed E-state index contributed by atoms with van der Waals surface area (Å²) in [6.07, 6.45) is 3.32. The normalized spacial score (nSPS) is 24.2. The molecule has 1 aliphatic rings. The monoisotopic (exact) mass is 275 g/mol. The Balaban J connectivity index is 1.80. The molecule has 0 radical (unpaired) electrons. The zero-order valence-electron chi connectivity index (χ0n) is 9.56. The van der Waals surface area contributed by atoms with Crippen LogP contribution >= 0.6 is 23.2 Å². The van der Waals surface area contributed by atoms with Crippen LogP contribution in [0.25, 0.3) is 0 Å². The number of rotatable bonds is 4. The molecular weight excluding hydrogens is 260 g/mol. The molecule has 2 unspecified atom stereocenters. The Kier molecular flexibility index (Phi) is 4.66. The van der Waals surface area contributed by atoms with Gasteiger partial charge in [-0.1, -0.05) is 11.6 Å². The lowest BCUT2D eigenvalue weighted by Crippen LogP contribution is -2.21. The Labute approximate surface area is 111 Å². The predicted molar refractivity (Wildman–Crippen MR) is 70.1 cm³/mol. The van der Waals surface area contributed by atoms with Gasteiger partial charge in [0.05, 0.1) is 0 Å². The van der Waals surface area contributed by atoms with E-state index in [1.54, 1.807) is 12.1 Å². The highest BCUT2D eigenvalue weighted by Gasteiger charge is 2.22. The zero-order valence-corrected chi connectivity index (χ0v) is 11.1. The molecule has 4 heteroatoms. The fraction of sp³-hybridized carbons (Fsp3) is 0.538. The maximum absolute atomic E-state index is 13.4. The van der Waals surface area contributed by atoms with Crippen molar-refractivity contribution in [2.45, 2.75) is 31.2 Å². The summed E-state index contributed by atoms with van der Waals surface area (Å²) in [5.41, 5.74) is 0.623. The van der Waals surface area contributed by atoms with Gasteiger partial charge in [0, 0.05) is 22.5 Å². The molecule has 1 fully saturated rings. The molecule has 0 saturated heterocycles. The molecule has 1 saturated carbocycles. The van der Waals surface area contributed by atoms with E-state index in [1.165, 1.54) is 12.5 Å². The average molecular weight is 276 g/mol. The first-order valence-corrected chi connectivity index (χ1v) is 6.75. The summed E-state index contributed by atoms with van der Waals surface area (Å²) < 4.78 is 13.4. The lowest BCUT2D eigenvalue weighted by atomic mass is 10.1. The molecule has 0 bridgehead atoms. The largest absolute Gasteiger partial charge is 0.312 e. The highest BCUT2D eigenvalue weighted by molar-refractivity contribution is 6.30. The first-order chi connectivity index (χ1) is 8.15. The van der Waals surface area contributed by atoms with Gasteiger partial charge in [0.2, 0.25) is 0 Å². The number of alkyl halides is 1. The van der Waals surface area contributed by atoms with Gasteiger partial charge in [-0.25, -0.2) is 4.39 Å². The Morgan fingerprint density at radius 1 is 1.35 bits per heavy atom. The molecule has 0 heterocycles. The molecule has 1 aliphatic carbocycles. The van der Waals surface area contributed by atoms with E-state index in [-0.39, 0.29) is 5.82 Å². The molecule has 94 valence electrons. The van der Waals surface area contributed by atoms with Gasteiger partial charge < -0.3 is 5.32 Å². The van der Waals surface area contributed by atoms with Crippen LogP contribution in [0.4, 0.5) is 4.39 Å². The van der Waals surface area contributed by atoms with E-state index in [2.05, 4.69) is 5.32 Å². The van der Waals surface area contributed by atoms with Gasteiger partial charge in [-0.3, -0.25) is 0 Å². The highest BCUT2D eigenvalue weighted by atomic mass is 35.5. The summed E-state index contributed by atoms with van der Waals surface area (Å²) in [7, 11) is 0. The molecular formula is C13H16Cl2FN. The van der Waals surface area contributed by atoms with Crippen LogP contribution in [0, 0.1) is 11.7 Å². The SMILES string of the molecule is Fc1ccc(Cl)cc1CNCC1CCC(Cl)C1. The Morgan fingerprint density at radius 3 is 2.88 bits per heavy atom. The third kappa shape index (κ3) is 3.84. The maximum atomic E-state index is 13.4. The first-order valence-electron chi connectivity index (χ1n) is 5.94. The second-order valence-electron chi connectivity index (χ2n) is 4.64. The molecule has 2 rings (SSSR count). The van der Waals surface area contributed by atoms with Gasteiger partial charge in [0.15, 0.2) is 0 Å². The van der Waals surface area contributed by atoms with Crippen LogP contribution in [0.1, 0.15) is 24.8 Å². The van der Waals surface area contributed by atoms with Crippen molar-refractivity contribution in [1.82, 2.24) is 5.32 Å². The van der Waals surface area contributed by atoms with Gasteiger partial charge in [-0.2, -0.15) is 0 Å². The van der Waals surface area contributed by atoms with E-state index < -0.39 is 0 Å². The minimum Gasteiger partial charge on any atom is -0.312 e. The number of nitrogens with one attached hydrogen (secondary N) is 1. The fourth-order valence-corrected chi connectivity index (χ4v) is 2.86. The van der Waals surface area contributed by atoms with E-state index in [9.17, 15) is 4.39 Å². The minimum atomic E-state index is -0.205. The van der Waals surface area contributed by atoms with Crippen LogP contribution in [-0.4, -0.2) is 11.9 Å². The summed E-state index contributed by atoms with van der Waals surface area (Å²) in [6.45, 7) is 1.42. The molecule has 0 aromatic heterocycles. The standard InChI is InChI=1S/C13H16Cl2FN/c14-11-2-1-9(5-11)7-17-8-10-6-12(15)3-4-13(10)16/h3-4,6,9,11,17H,1-2,5,7-8H2. The van der Waals surface area contributed by atoms with E-state index in [1.807, 2.05) is 0 Å². The van der Waals surface area contributed by atoms with Crippen LogP contribution in [0.2, 0.25) is 5.02 Å². The van der Waals surface area contributed by atoms with Gasteiger partial charge in [0.25, 0.3) is 0 Å². The van der Waals surface area contributed by atoms with E-state index in [4.69, 9.17) is 23.2 Å². The van der Waals surface area contributed by atoms with E-state index in [0.717, 1.165) is 19.4 Å². The van der Waals surface area contributed by atoms with E-state index in [0.29, 0.717) is 28.4 Å². The van der Waals surface area contributed by atoms with Crippen molar-refractivity contribution in [1.29, 1.82) is 0 Å². The first kappa shape index (κ1) is 13.1. The summed E-state index contributed by atoms with van der Waals surface area (Å²) in [5, 5.41) is 4.17. The predicted octanol–water partition coefficient (Wildman–Crippen LogP) is 3.98. The topological polar surface area (TPSA) is 12.0 Å². The Hall–Kier alpha value is -0.310. The minimum absolute atomic E-state index is 0.205.